The second-order valence-corrected chi connectivity index (χ2v) is 3.15. The Morgan fingerprint density at radius 1 is 1.54 bits per heavy atom. The summed E-state index contributed by atoms with van der Waals surface area (Å²) in [6, 6.07) is -0.196. The van der Waals surface area contributed by atoms with Crippen molar-refractivity contribution in [1.29, 1.82) is 0 Å². The van der Waals surface area contributed by atoms with E-state index in [0.29, 0.717) is 12.2 Å². The van der Waals surface area contributed by atoms with Gasteiger partial charge in [-0.3, -0.25) is 14.5 Å². The number of hydrogen-bond acceptors (Lipinski definition) is 3. The lowest BCUT2D eigenvalue weighted by molar-refractivity contribution is -0.140. The predicted octanol–water partition coefficient (Wildman–Crippen LogP) is 0.336. The molecule has 4 heteroatoms. The molecule has 1 aliphatic heterocycles. The van der Waals surface area contributed by atoms with Gasteiger partial charge in [0.05, 0.1) is 12.6 Å². The van der Waals surface area contributed by atoms with Crippen molar-refractivity contribution >= 4 is 11.8 Å². The van der Waals surface area contributed by atoms with Gasteiger partial charge in [0.2, 0.25) is 0 Å². The van der Waals surface area contributed by atoms with Gasteiger partial charge in [-0.1, -0.05) is 0 Å². The number of nitrogens with zero attached hydrogens (tertiary/aromatic N) is 1. The summed E-state index contributed by atoms with van der Waals surface area (Å²) in [7, 11) is 1.54. The van der Waals surface area contributed by atoms with Gasteiger partial charge >= 0.3 is 0 Å². The fourth-order valence-electron chi connectivity index (χ4n) is 1.34. The highest BCUT2D eigenvalue weighted by atomic mass is 16.5. The molecule has 0 radical (unpaired) electrons. The van der Waals surface area contributed by atoms with Gasteiger partial charge in [-0.05, 0) is 13.8 Å². The van der Waals surface area contributed by atoms with Crippen molar-refractivity contribution in [3.63, 3.8) is 0 Å². The Morgan fingerprint density at radius 2 is 2.15 bits per heavy atom. The Kier molecular flexibility index (Phi) is 2.83. The highest BCUT2D eigenvalue weighted by molar-refractivity contribution is 6.16. The van der Waals surface area contributed by atoms with Crippen LogP contribution in [0.2, 0.25) is 0 Å². The molecule has 13 heavy (non-hydrogen) atoms. The monoisotopic (exact) mass is 183 g/mol. The molecule has 0 N–H and O–H groups in total. The molecule has 0 aromatic rings. The zero-order valence-electron chi connectivity index (χ0n) is 8.03. The first-order valence-corrected chi connectivity index (χ1v) is 4.12. The topological polar surface area (TPSA) is 46.6 Å². The van der Waals surface area contributed by atoms with Crippen molar-refractivity contribution in [3.05, 3.63) is 11.6 Å². The van der Waals surface area contributed by atoms with Crippen LogP contribution in [0.3, 0.4) is 0 Å². The summed E-state index contributed by atoms with van der Waals surface area (Å²) in [6.07, 6.45) is 1.36. The molecule has 72 valence electrons. The van der Waals surface area contributed by atoms with Gasteiger partial charge in [0, 0.05) is 18.8 Å². The van der Waals surface area contributed by atoms with Crippen LogP contribution in [0.5, 0.6) is 0 Å². The molecule has 1 rings (SSSR count). The third kappa shape index (κ3) is 1.78. The minimum absolute atomic E-state index is 0.196. The van der Waals surface area contributed by atoms with E-state index in [1.54, 1.807) is 21.0 Å². The summed E-state index contributed by atoms with van der Waals surface area (Å²) in [5.74, 6) is -0.457. The van der Waals surface area contributed by atoms with Crippen LogP contribution in [0.25, 0.3) is 0 Å². The molecule has 0 spiro atoms. The van der Waals surface area contributed by atoms with Crippen molar-refractivity contribution in [2.75, 3.05) is 13.7 Å². The molecule has 1 aliphatic rings. The molecule has 0 aliphatic carbocycles. The normalized spacial score (nSPS) is 19.3. The maximum atomic E-state index is 11.4. The summed E-state index contributed by atoms with van der Waals surface area (Å²) in [5, 5.41) is 0. The van der Waals surface area contributed by atoms with Crippen LogP contribution >= 0.6 is 0 Å². The summed E-state index contributed by atoms with van der Waals surface area (Å²) >= 11 is 0. The molecular weight excluding hydrogens is 170 g/mol. The number of ether oxygens (including phenoxy) is 1. The molecule has 0 saturated heterocycles. The molecule has 0 fully saturated rings. The number of methoxy groups -OCH3 is 1. The smallest absolute Gasteiger partial charge is 0.256 e. The molecular formula is C9H13NO3. The van der Waals surface area contributed by atoms with Crippen LogP contribution in [0, 0.1) is 0 Å². The van der Waals surface area contributed by atoms with Crippen molar-refractivity contribution in [3.8, 4) is 0 Å². The van der Waals surface area contributed by atoms with Crippen LogP contribution in [0.4, 0.5) is 0 Å². The van der Waals surface area contributed by atoms with Crippen LogP contribution in [0.1, 0.15) is 13.8 Å². The van der Waals surface area contributed by atoms with Gasteiger partial charge in [-0.15, -0.1) is 0 Å². The molecule has 0 aromatic heterocycles. The molecule has 0 bridgehead atoms. The molecule has 1 heterocycles. The molecule has 1 atom stereocenters. The maximum Gasteiger partial charge on any atom is 0.256 e. The van der Waals surface area contributed by atoms with E-state index in [0.717, 1.165) is 0 Å². The van der Waals surface area contributed by atoms with E-state index in [9.17, 15) is 9.59 Å². The second kappa shape index (κ2) is 3.70. The summed E-state index contributed by atoms with van der Waals surface area (Å²) < 4.78 is 4.88. The molecule has 0 saturated carbocycles. The predicted molar refractivity (Wildman–Crippen MR) is 46.9 cm³/mol. The van der Waals surface area contributed by atoms with Crippen molar-refractivity contribution in [2.45, 2.75) is 19.9 Å². The fraction of sp³-hybridized carbons (Fsp3) is 0.556. The lowest BCUT2D eigenvalue weighted by Crippen LogP contribution is -2.41. The van der Waals surface area contributed by atoms with Gasteiger partial charge < -0.3 is 4.74 Å². The van der Waals surface area contributed by atoms with Crippen LogP contribution < -0.4 is 0 Å². The van der Waals surface area contributed by atoms with Gasteiger partial charge in [0.15, 0.2) is 0 Å². The SMILES string of the molecule is COCC(C)N1C(=O)C=C(C)C1=O. The Labute approximate surface area is 77.2 Å². The average Bonchev–Trinajstić information content (AvgIpc) is 2.27. The number of rotatable bonds is 3. The van der Waals surface area contributed by atoms with E-state index < -0.39 is 0 Å². The Hall–Kier alpha value is -1.16. The lowest BCUT2D eigenvalue weighted by atomic mass is 10.3. The minimum Gasteiger partial charge on any atom is -0.383 e. The van der Waals surface area contributed by atoms with Gasteiger partial charge in [-0.2, -0.15) is 0 Å². The maximum absolute atomic E-state index is 11.4. The number of hydrogen-bond donors (Lipinski definition) is 0. The molecule has 1 unspecified atom stereocenters. The van der Waals surface area contributed by atoms with Crippen LogP contribution in [0.15, 0.2) is 11.6 Å². The summed E-state index contributed by atoms with van der Waals surface area (Å²) in [5.41, 5.74) is 0.493. The van der Waals surface area contributed by atoms with Gasteiger partial charge in [-0.25, -0.2) is 0 Å². The molecule has 0 aromatic carbocycles. The quantitative estimate of drug-likeness (QED) is 0.592. The van der Waals surface area contributed by atoms with Crippen molar-refractivity contribution in [1.82, 2.24) is 4.90 Å². The average molecular weight is 183 g/mol. The third-order valence-electron chi connectivity index (χ3n) is 1.98. The number of carbonyl (C=O) groups excluding carboxylic acids is 2. The summed E-state index contributed by atoms with van der Waals surface area (Å²) in [4.78, 5) is 23.9. The van der Waals surface area contributed by atoms with Gasteiger partial charge in [0.1, 0.15) is 0 Å². The highest BCUT2D eigenvalue weighted by Gasteiger charge is 2.31. The first kappa shape index (κ1) is 9.92. The first-order chi connectivity index (χ1) is 6.07. The van der Waals surface area contributed by atoms with E-state index >= 15 is 0 Å². The third-order valence-corrected chi connectivity index (χ3v) is 1.98. The Morgan fingerprint density at radius 3 is 2.54 bits per heavy atom. The summed E-state index contributed by atoms with van der Waals surface area (Å²) in [6.45, 7) is 3.80. The van der Waals surface area contributed by atoms with E-state index in [1.165, 1.54) is 11.0 Å². The fourth-order valence-corrected chi connectivity index (χ4v) is 1.34. The Balaban J connectivity index is 2.73. The van der Waals surface area contributed by atoms with E-state index in [4.69, 9.17) is 4.74 Å². The number of imide groups is 1. The zero-order chi connectivity index (χ0) is 10.0. The minimum atomic E-state index is -0.243. The molecule has 2 amide bonds. The Bertz CT molecular complexity index is 270. The van der Waals surface area contributed by atoms with E-state index in [2.05, 4.69) is 0 Å². The second-order valence-electron chi connectivity index (χ2n) is 3.15. The van der Waals surface area contributed by atoms with Crippen molar-refractivity contribution < 1.29 is 14.3 Å². The van der Waals surface area contributed by atoms with Crippen molar-refractivity contribution in [2.24, 2.45) is 0 Å². The zero-order valence-corrected chi connectivity index (χ0v) is 8.03. The molecule has 4 nitrogen and oxygen atoms in total. The van der Waals surface area contributed by atoms with E-state index in [1.807, 2.05) is 0 Å². The van der Waals surface area contributed by atoms with Crippen LogP contribution in [-0.4, -0.2) is 36.5 Å². The highest BCUT2D eigenvalue weighted by Crippen LogP contribution is 2.15. The number of carbonyl (C=O) groups is 2. The number of amides is 2. The van der Waals surface area contributed by atoms with E-state index in [-0.39, 0.29) is 17.9 Å². The standard InChI is InChI=1S/C9H13NO3/c1-6-4-8(11)10(9(6)12)7(2)5-13-3/h4,7H,5H2,1-3H3. The van der Waals surface area contributed by atoms with Gasteiger partial charge in [0.25, 0.3) is 11.8 Å². The lowest BCUT2D eigenvalue weighted by Gasteiger charge is -2.21. The van der Waals surface area contributed by atoms with Crippen LogP contribution in [-0.2, 0) is 14.3 Å². The first-order valence-electron chi connectivity index (χ1n) is 4.12. The largest absolute Gasteiger partial charge is 0.383 e.